The Morgan fingerprint density at radius 2 is 2.29 bits per heavy atom. The number of hydrogen-bond donors (Lipinski definition) is 1. The maximum Gasteiger partial charge on any atom is 0.265 e. The molecule has 2 N–H and O–H groups in total. The van der Waals surface area contributed by atoms with Crippen LogP contribution in [0, 0.1) is 11.3 Å². The number of alkyl halides is 2. The zero-order valence-corrected chi connectivity index (χ0v) is 7.37. The van der Waals surface area contributed by atoms with Gasteiger partial charge in [-0.1, -0.05) is 0 Å². The van der Waals surface area contributed by atoms with Crippen LogP contribution in [0.3, 0.4) is 0 Å². The summed E-state index contributed by atoms with van der Waals surface area (Å²) in [5.41, 5.74) is 6.17. The van der Waals surface area contributed by atoms with E-state index in [0.717, 1.165) is 6.20 Å². The summed E-state index contributed by atoms with van der Waals surface area (Å²) in [5, 5.41) is 8.44. The molecule has 0 aliphatic heterocycles. The summed E-state index contributed by atoms with van der Waals surface area (Å²) in [6.45, 7) is 0.116. The maximum atomic E-state index is 12.3. The van der Waals surface area contributed by atoms with Crippen LogP contribution < -0.4 is 5.73 Å². The van der Waals surface area contributed by atoms with E-state index in [1.165, 1.54) is 6.07 Å². The topological polar surface area (TPSA) is 62.7 Å². The summed E-state index contributed by atoms with van der Waals surface area (Å²) >= 11 is 0. The van der Waals surface area contributed by atoms with Crippen LogP contribution in [-0.4, -0.2) is 4.98 Å². The molecule has 3 nitrogen and oxygen atoms in total. The summed E-state index contributed by atoms with van der Waals surface area (Å²) < 4.78 is 24.5. The Morgan fingerprint density at radius 3 is 2.79 bits per heavy atom. The standard InChI is InChI=1S/C9H9F2N3/c10-9(11)7-3-6(4-13)8(1-2-12)14-5-7/h3,5,9H,1,4,13H2. The van der Waals surface area contributed by atoms with Crippen molar-refractivity contribution in [2.45, 2.75) is 19.4 Å². The lowest BCUT2D eigenvalue weighted by atomic mass is 10.1. The number of nitriles is 1. The highest BCUT2D eigenvalue weighted by Crippen LogP contribution is 2.20. The van der Waals surface area contributed by atoms with Crippen LogP contribution >= 0.6 is 0 Å². The normalized spacial score (nSPS) is 10.2. The fraction of sp³-hybridized carbons (Fsp3) is 0.333. The van der Waals surface area contributed by atoms with Gasteiger partial charge in [0.1, 0.15) is 0 Å². The highest BCUT2D eigenvalue weighted by molar-refractivity contribution is 5.27. The van der Waals surface area contributed by atoms with Gasteiger partial charge in [-0.05, 0) is 11.6 Å². The van der Waals surface area contributed by atoms with Gasteiger partial charge in [-0.25, -0.2) is 8.78 Å². The first kappa shape index (κ1) is 10.5. The fourth-order valence-electron chi connectivity index (χ4n) is 1.09. The molecular weight excluding hydrogens is 188 g/mol. The van der Waals surface area contributed by atoms with Crippen molar-refractivity contribution in [1.82, 2.24) is 4.98 Å². The molecule has 14 heavy (non-hydrogen) atoms. The van der Waals surface area contributed by atoms with E-state index in [0.29, 0.717) is 11.3 Å². The SMILES string of the molecule is N#CCc1ncc(C(F)F)cc1CN. The number of pyridine rings is 1. The van der Waals surface area contributed by atoms with Crippen molar-refractivity contribution in [1.29, 1.82) is 5.26 Å². The van der Waals surface area contributed by atoms with Crippen LogP contribution in [0.15, 0.2) is 12.3 Å². The molecule has 74 valence electrons. The molecule has 0 radical (unpaired) electrons. The predicted octanol–water partition coefficient (Wildman–Crippen LogP) is 1.54. The van der Waals surface area contributed by atoms with Gasteiger partial charge in [0.05, 0.1) is 18.2 Å². The van der Waals surface area contributed by atoms with Crippen molar-refractivity contribution in [3.05, 3.63) is 29.1 Å². The van der Waals surface area contributed by atoms with Crippen molar-refractivity contribution in [2.24, 2.45) is 5.73 Å². The molecule has 0 bridgehead atoms. The average molecular weight is 197 g/mol. The van der Waals surface area contributed by atoms with Crippen molar-refractivity contribution in [2.75, 3.05) is 0 Å². The summed E-state index contributed by atoms with van der Waals surface area (Å²) in [6, 6.07) is 3.20. The van der Waals surface area contributed by atoms with Gasteiger partial charge < -0.3 is 5.73 Å². The van der Waals surface area contributed by atoms with Gasteiger partial charge in [0.25, 0.3) is 6.43 Å². The molecule has 0 saturated heterocycles. The van der Waals surface area contributed by atoms with Gasteiger partial charge >= 0.3 is 0 Å². The van der Waals surface area contributed by atoms with Crippen molar-refractivity contribution < 1.29 is 8.78 Å². The predicted molar refractivity (Wildman–Crippen MR) is 46.4 cm³/mol. The molecule has 1 aromatic rings. The first-order valence-corrected chi connectivity index (χ1v) is 4.02. The highest BCUT2D eigenvalue weighted by atomic mass is 19.3. The average Bonchev–Trinajstić information content (AvgIpc) is 2.18. The molecule has 0 atom stereocenters. The lowest BCUT2D eigenvalue weighted by Crippen LogP contribution is -2.05. The van der Waals surface area contributed by atoms with Crippen molar-refractivity contribution >= 4 is 0 Å². The van der Waals surface area contributed by atoms with E-state index in [2.05, 4.69) is 4.98 Å². The number of aromatic nitrogens is 1. The molecule has 0 amide bonds. The Kier molecular flexibility index (Phi) is 3.48. The molecule has 1 rings (SSSR count). The quantitative estimate of drug-likeness (QED) is 0.799. The van der Waals surface area contributed by atoms with E-state index < -0.39 is 6.43 Å². The smallest absolute Gasteiger partial charge is 0.265 e. The number of nitrogens with two attached hydrogens (primary N) is 1. The first-order chi connectivity index (χ1) is 6.69. The second kappa shape index (κ2) is 4.63. The molecule has 0 aliphatic rings. The van der Waals surface area contributed by atoms with Gasteiger partial charge in [0.15, 0.2) is 0 Å². The summed E-state index contributed by atoms with van der Waals surface area (Å²) in [6.07, 6.45) is -1.38. The Bertz CT molecular complexity index is 358. The molecule has 0 aliphatic carbocycles. The van der Waals surface area contributed by atoms with E-state index in [9.17, 15) is 8.78 Å². The third kappa shape index (κ3) is 2.24. The minimum atomic E-state index is -2.55. The zero-order chi connectivity index (χ0) is 10.6. The van der Waals surface area contributed by atoms with E-state index in [-0.39, 0.29) is 18.5 Å². The molecular formula is C9H9F2N3. The molecule has 1 aromatic heterocycles. The van der Waals surface area contributed by atoms with Crippen molar-refractivity contribution in [3.8, 4) is 6.07 Å². The van der Waals surface area contributed by atoms with Gasteiger partial charge in [-0.15, -0.1) is 0 Å². The Balaban J connectivity index is 3.06. The van der Waals surface area contributed by atoms with Crippen LogP contribution in [0.2, 0.25) is 0 Å². The third-order valence-electron chi connectivity index (χ3n) is 1.80. The largest absolute Gasteiger partial charge is 0.326 e. The minimum absolute atomic E-state index is 0.0933. The first-order valence-electron chi connectivity index (χ1n) is 4.02. The lowest BCUT2D eigenvalue weighted by molar-refractivity contribution is 0.151. The molecule has 0 unspecified atom stereocenters. The second-order valence-corrected chi connectivity index (χ2v) is 2.71. The molecule has 1 heterocycles. The van der Waals surface area contributed by atoms with E-state index in [1.807, 2.05) is 6.07 Å². The number of halogens is 2. The van der Waals surface area contributed by atoms with E-state index in [1.54, 1.807) is 0 Å². The Morgan fingerprint density at radius 1 is 1.57 bits per heavy atom. The monoisotopic (exact) mass is 197 g/mol. The summed E-state index contributed by atoms with van der Waals surface area (Å²) in [7, 11) is 0. The number of hydrogen-bond acceptors (Lipinski definition) is 3. The molecule has 0 aromatic carbocycles. The van der Waals surface area contributed by atoms with Crippen LogP contribution in [0.4, 0.5) is 8.78 Å². The van der Waals surface area contributed by atoms with Crippen LogP contribution in [0.25, 0.3) is 0 Å². The van der Waals surface area contributed by atoms with Crippen LogP contribution in [-0.2, 0) is 13.0 Å². The van der Waals surface area contributed by atoms with E-state index in [4.69, 9.17) is 11.0 Å². The van der Waals surface area contributed by atoms with Gasteiger partial charge in [0, 0.05) is 18.3 Å². The summed E-state index contributed by atoms with van der Waals surface area (Å²) in [4.78, 5) is 3.78. The molecule has 0 saturated carbocycles. The van der Waals surface area contributed by atoms with Gasteiger partial charge in [0.2, 0.25) is 0 Å². The Labute approximate surface area is 80.2 Å². The van der Waals surface area contributed by atoms with Crippen molar-refractivity contribution in [3.63, 3.8) is 0 Å². The second-order valence-electron chi connectivity index (χ2n) is 2.71. The molecule has 5 heteroatoms. The van der Waals surface area contributed by atoms with Crippen LogP contribution in [0.1, 0.15) is 23.2 Å². The fourth-order valence-corrected chi connectivity index (χ4v) is 1.09. The van der Waals surface area contributed by atoms with Gasteiger partial charge in [-0.3, -0.25) is 4.98 Å². The minimum Gasteiger partial charge on any atom is -0.326 e. The highest BCUT2D eigenvalue weighted by Gasteiger charge is 2.10. The lowest BCUT2D eigenvalue weighted by Gasteiger charge is -2.05. The zero-order valence-electron chi connectivity index (χ0n) is 7.37. The van der Waals surface area contributed by atoms with Crippen LogP contribution in [0.5, 0.6) is 0 Å². The maximum absolute atomic E-state index is 12.3. The number of rotatable bonds is 3. The molecule has 0 spiro atoms. The molecule has 0 fully saturated rings. The van der Waals surface area contributed by atoms with Gasteiger partial charge in [-0.2, -0.15) is 5.26 Å². The Hall–Kier alpha value is -1.54. The summed E-state index contributed by atoms with van der Waals surface area (Å²) in [5.74, 6) is 0. The number of nitrogens with zero attached hydrogens (tertiary/aromatic N) is 2. The third-order valence-corrected chi connectivity index (χ3v) is 1.80. The van der Waals surface area contributed by atoms with E-state index >= 15 is 0 Å².